The largest absolute Gasteiger partial charge is 0.393 e. The molecule has 0 radical (unpaired) electrons. The minimum Gasteiger partial charge on any atom is -0.393 e. The summed E-state index contributed by atoms with van der Waals surface area (Å²) in [7, 11) is 0. The molecule has 6 N–H and O–H groups in total. The fourth-order valence-electron chi connectivity index (χ4n) is 12.6. The molecule has 290 valence electrons. The van der Waals surface area contributed by atoms with E-state index < -0.39 is 84.8 Å². The predicted octanol–water partition coefficient (Wildman–Crippen LogP) is 2.39. The van der Waals surface area contributed by atoms with E-state index in [1.807, 2.05) is 0 Å². The van der Waals surface area contributed by atoms with E-state index in [1.165, 1.54) is 5.57 Å². The van der Waals surface area contributed by atoms with Crippen LogP contribution in [0.1, 0.15) is 92.9 Å². The summed E-state index contributed by atoms with van der Waals surface area (Å²) < 4.78 is 38.4. The van der Waals surface area contributed by atoms with E-state index in [1.54, 1.807) is 13.8 Å². The topological polar surface area (TPSA) is 177 Å². The lowest BCUT2D eigenvalue weighted by atomic mass is 9.46. The predicted molar refractivity (Wildman–Crippen MR) is 182 cm³/mol. The number of hydrogen-bond acceptors (Lipinski definition) is 12. The molecule has 8 rings (SSSR count). The van der Waals surface area contributed by atoms with Crippen LogP contribution in [0.2, 0.25) is 0 Å². The lowest BCUT2D eigenvalue weighted by Crippen LogP contribution is -2.64. The van der Waals surface area contributed by atoms with Gasteiger partial charge in [-0.2, -0.15) is 0 Å². The maximum atomic E-state index is 11.3. The molecule has 4 aliphatic heterocycles. The first-order chi connectivity index (χ1) is 24.1. The molecule has 4 saturated heterocycles. The van der Waals surface area contributed by atoms with Crippen LogP contribution in [0.25, 0.3) is 0 Å². The van der Waals surface area contributed by atoms with Crippen molar-refractivity contribution in [1.29, 1.82) is 0 Å². The van der Waals surface area contributed by atoms with Crippen LogP contribution in [0.4, 0.5) is 0 Å². The van der Waals surface area contributed by atoms with Gasteiger partial charge in [-0.25, -0.2) is 0 Å². The van der Waals surface area contributed by atoms with E-state index in [-0.39, 0.29) is 11.5 Å². The molecule has 0 aromatic carbocycles. The first kappa shape index (κ1) is 37.2. The number of allylic oxidation sites excluding steroid dienone is 1. The van der Waals surface area contributed by atoms with Crippen molar-refractivity contribution < 1.29 is 59.1 Å². The Labute approximate surface area is 301 Å². The van der Waals surface area contributed by atoms with Gasteiger partial charge in [0.1, 0.15) is 36.6 Å². The van der Waals surface area contributed by atoms with Gasteiger partial charge >= 0.3 is 0 Å². The maximum absolute atomic E-state index is 11.3. The lowest BCUT2D eigenvalue weighted by molar-refractivity contribution is -0.371. The smallest absolute Gasteiger partial charge is 0.187 e. The highest BCUT2D eigenvalue weighted by molar-refractivity contribution is 5.29. The monoisotopic (exact) mass is 722 g/mol. The van der Waals surface area contributed by atoms with Crippen LogP contribution in [0.3, 0.4) is 0 Å². The number of aliphatic hydroxyl groups excluding tert-OH is 6. The minimum absolute atomic E-state index is 0.130. The summed E-state index contributed by atoms with van der Waals surface area (Å²) in [5, 5.41) is 64.8. The number of rotatable bonds is 4. The molecule has 4 heterocycles. The van der Waals surface area contributed by atoms with E-state index in [0.717, 1.165) is 45.1 Å². The molecular weight excluding hydrogens is 660 g/mol. The Bertz CT molecular complexity index is 1320. The van der Waals surface area contributed by atoms with Crippen molar-refractivity contribution in [3.05, 3.63) is 11.6 Å². The molecule has 51 heavy (non-hydrogen) atoms. The zero-order valence-electron chi connectivity index (χ0n) is 31.0. The quantitative estimate of drug-likeness (QED) is 0.234. The SMILES string of the molecule is C[C@H]1CC[C@@]2(OC1)O[C@H]1C[C@H]3[C@@H]4CC=C5C[C@@H](O)C[C@@H](O[C@@H]6O[C@H](C)[C@H](O)[C@H](O)[C@H]6O[C@@H]6O[C@@H](C)[C@H](O)[C@@H](O)[C@H]6O)[C@]5(C)[C@H]4CC[C@]3(C)C1[C@@H]2C. The maximum Gasteiger partial charge on any atom is 0.187 e. The molecule has 8 aliphatic rings. The van der Waals surface area contributed by atoms with Crippen LogP contribution in [-0.4, -0.2) is 123 Å². The van der Waals surface area contributed by atoms with Gasteiger partial charge in [0, 0.05) is 24.2 Å². The molecule has 3 saturated carbocycles. The van der Waals surface area contributed by atoms with Crippen molar-refractivity contribution >= 4 is 0 Å². The number of hydrogen-bond donors (Lipinski definition) is 6. The fourth-order valence-corrected chi connectivity index (χ4v) is 12.6. The molecule has 1 spiro atoms. The van der Waals surface area contributed by atoms with Gasteiger partial charge in [0.15, 0.2) is 18.4 Å². The van der Waals surface area contributed by atoms with Crippen molar-refractivity contribution in [2.75, 3.05) is 6.61 Å². The third-order valence-electron chi connectivity index (χ3n) is 15.6. The molecule has 0 bridgehead atoms. The molecule has 4 aliphatic carbocycles. The summed E-state index contributed by atoms with van der Waals surface area (Å²) in [6.45, 7) is 13.4. The van der Waals surface area contributed by atoms with Gasteiger partial charge in [0.25, 0.3) is 0 Å². The van der Waals surface area contributed by atoms with E-state index in [4.69, 9.17) is 28.4 Å². The highest BCUT2D eigenvalue weighted by Gasteiger charge is 2.69. The molecule has 22 atom stereocenters. The first-order valence-corrected chi connectivity index (χ1v) is 19.8. The first-order valence-electron chi connectivity index (χ1n) is 19.8. The molecule has 0 amide bonds. The highest BCUT2D eigenvalue weighted by Crippen LogP contribution is 2.71. The number of aliphatic hydroxyl groups is 6. The highest BCUT2D eigenvalue weighted by atomic mass is 16.8. The molecule has 0 aromatic heterocycles. The molecule has 0 aromatic rings. The van der Waals surface area contributed by atoms with E-state index in [9.17, 15) is 30.6 Å². The molecule has 12 heteroatoms. The van der Waals surface area contributed by atoms with Crippen molar-refractivity contribution in [1.82, 2.24) is 0 Å². The van der Waals surface area contributed by atoms with Crippen LogP contribution in [0, 0.1) is 46.3 Å². The van der Waals surface area contributed by atoms with Crippen LogP contribution in [-0.2, 0) is 28.4 Å². The van der Waals surface area contributed by atoms with Crippen molar-refractivity contribution in [3.8, 4) is 0 Å². The Morgan fingerprint density at radius 2 is 1.47 bits per heavy atom. The molecule has 1 unspecified atom stereocenters. The van der Waals surface area contributed by atoms with Crippen LogP contribution in [0.5, 0.6) is 0 Å². The number of fused-ring (bicyclic) bond motifs is 7. The van der Waals surface area contributed by atoms with Crippen LogP contribution >= 0.6 is 0 Å². The average molecular weight is 723 g/mol. The Morgan fingerprint density at radius 1 is 0.765 bits per heavy atom. The Morgan fingerprint density at radius 3 is 2.18 bits per heavy atom. The Kier molecular flexibility index (Phi) is 9.62. The average Bonchev–Trinajstić information content (AvgIpc) is 3.54. The minimum atomic E-state index is -1.61. The number of ether oxygens (including phenoxy) is 6. The second-order valence-corrected chi connectivity index (χ2v) is 18.3. The van der Waals surface area contributed by atoms with Crippen molar-refractivity contribution in [2.45, 2.75) is 178 Å². The summed E-state index contributed by atoms with van der Waals surface area (Å²) in [5.41, 5.74) is 0.900. The fraction of sp³-hybridized carbons (Fsp3) is 0.949. The Balaban J connectivity index is 1.05. The zero-order valence-corrected chi connectivity index (χ0v) is 31.0. The van der Waals surface area contributed by atoms with Gasteiger partial charge in [-0.1, -0.05) is 39.3 Å². The van der Waals surface area contributed by atoms with Gasteiger partial charge < -0.3 is 59.1 Å². The summed E-state index contributed by atoms with van der Waals surface area (Å²) in [6, 6.07) is 0. The third kappa shape index (κ3) is 5.67. The standard InChI is InChI=1S/C39H62O12/c1-17-9-12-39(46-16-17)18(2)28-26(51-39)15-25-23-8-7-21-13-22(40)14-27(38(21,6)24(23)10-11-37(25,28)5)49-36-34(32(44)30(42)20(4)48-36)50-35-33(45)31(43)29(41)19(3)47-35/h7,17-20,22-36,40-45H,8-16H2,1-6H3/t17-,18-,19-,20+,22+,23+,24-,25-,26-,27+,28?,29-,30-,31+,32-,33+,34+,35-,36-,37-,38-,39+/m0/s1. The van der Waals surface area contributed by atoms with Crippen molar-refractivity contribution in [3.63, 3.8) is 0 Å². The molecule has 7 fully saturated rings. The second-order valence-electron chi connectivity index (χ2n) is 18.3. The normalized spacial score (nSPS) is 59.8. The lowest BCUT2D eigenvalue weighted by Gasteiger charge is -2.60. The van der Waals surface area contributed by atoms with Gasteiger partial charge in [0.05, 0.1) is 37.1 Å². The third-order valence-corrected chi connectivity index (χ3v) is 15.6. The molecule has 12 nitrogen and oxygen atoms in total. The summed E-state index contributed by atoms with van der Waals surface area (Å²) in [6.07, 6.45) is -4.22. The summed E-state index contributed by atoms with van der Waals surface area (Å²) >= 11 is 0. The second kappa shape index (κ2) is 13.2. The van der Waals surface area contributed by atoms with Gasteiger partial charge in [-0.3, -0.25) is 0 Å². The van der Waals surface area contributed by atoms with Crippen LogP contribution in [0.15, 0.2) is 11.6 Å². The van der Waals surface area contributed by atoms with Gasteiger partial charge in [0.2, 0.25) is 0 Å². The van der Waals surface area contributed by atoms with Crippen LogP contribution < -0.4 is 0 Å². The van der Waals surface area contributed by atoms with E-state index in [2.05, 4.69) is 33.8 Å². The summed E-state index contributed by atoms with van der Waals surface area (Å²) in [4.78, 5) is 0. The summed E-state index contributed by atoms with van der Waals surface area (Å²) in [5.74, 6) is 2.06. The van der Waals surface area contributed by atoms with Gasteiger partial charge in [-0.05, 0) is 87.4 Å². The zero-order chi connectivity index (χ0) is 36.4. The Hall–Kier alpha value is -0.740. The van der Waals surface area contributed by atoms with E-state index >= 15 is 0 Å². The van der Waals surface area contributed by atoms with Gasteiger partial charge in [-0.15, -0.1) is 0 Å². The van der Waals surface area contributed by atoms with E-state index in [0.29, 0.717) is 48.3 Å². The molecular formula is C39H62O12. The van der Waals surface area contributed by atoms with Crippen molar-refractivity contribution in [2.24, 2.45) is 46.3 Å².